The number of aromatic nitrogens is 2. The third-order valence-corrected chi connectivity index (χ3v) is 6.56. The second kappa shape index (κ2) is 9.22. The number of dihydropyridines is 1. The molecule has 0 spiro atoms. The van der Waals surface area contributed by atoms with Gasteiger partial charge in [0, 0.05) is 28.5 Å². The summed E-state index contributed by atoms with van der Waals surface area (Å²) in [7, 11) is 5.77. The van der Waals surface area contributed by atoms with E-state index in [1.165, 1.54) is 25.6 Å². The van der Waals surface area contributed by atoms with Crippen LogP contribution in [-0.2, 0) is 19.1 Å². The van der Waals surface area contributed by atoms with Crippen molar-refractivity contribution in [2.45, 2.75) is 19.8 Å². The minimum atomic E-state index is -0.809. The normalized spacial score (nSPS) is 14.3. The largest absolute Gasteiger partial charge is 0.497 e. The second-order valence-corrected chi connectivity index (χ2v) is 8.46. The third kappa shape index (κ3) is 3.69. The minimum absolute atomic E-state index is 0.296. The van der Waals surface area contributed by atoms with E-state index in [1.54, 1.807) is 40.2 Å². The van der Waals surface area contributed by atoms with Gasteiger partial charge in [-0.05, 0) is 32.0 Å². The molecule has 4 rings (SSSR count). The first kappa shape index (κ1) is 23.4. The lowest BCUT2D eigenvalue weighted by Gasteiger charge is -2.30. The summed E-state index contributed by atoms with van der Waals surface area (Å²) in [6.45, 7) is 3.54. The van der Waals surface area contributed by atoms with Gasteiger partial charge in [0.15, 0.2) is 4.96 Å². The number of carbonyl (C=O) groups is 2. The number of rotatable bonds is 6. The van der Waals surface area contributed by atoms with Crippen LogP contribution in [0.15, 0.2) is 52.3 Å². The Bertz CT molecular complexity index is 1310. The molecule has 1 aliphatic heterocycles. The van der Waals surface area contributed by atoms with Gasteiger partial charge < -0.3 is 24.3 Å². The van der Waals surface area contributed by atoms with Crippen molar-refractivity contribution in [1.82, 2.24) is 14.7 Å². The number of ether oxygens (including phenoxy) is 4. The molecule has 0 bridgehead atoms. The maximum atomic E-state index is 13.0. The summed E-state index contributed by atoms with van der Waals surface area (Å²) in [5, 5.41) is 5.02. The Hall–Kier alpha value is -3.79. The van der Waals surface area contributed by atoms with Crippen molar-refractivity contribution in [1.29, 1.82) is 0 Å². The Morgan fingerprint density at radius 1 is 1.00 bits per heavy atom. The van der Waals surface area contributed by atoms with E-state index in [2.05, 4.69) is 5.32 Å². The predicted octanol–water partition coefficient (Wildman–Crippen LogP) is 3.66. The molecule has 0 radical (unpaired) electrons. The van der Waals surface area contributed by atoms with E-state index in [4.69, 9.17) is 23.9 Å². The lowest BCUT2D eigenvalue weighted by atomic mass is 9.81. The number of esters is 2. The van der Waals surface area contributed by atoms with Crippen molar-refractivity contribution >= 4 is 28.2 Å². The molecule has 178 valence electrons. The van der Waals surface area contributed by atoms with E-state index in [0.29, 0.717) is 56.0 Å². The molecule has 0 saturated carbocycles. The number of thiazole rings is 1. The maximum Gasteiger partial charge on any atom is 0.336 e. The monoisotopic (exact) mass is 483 g/mol. The fraction of sp³-hybridized carbons (Fsp3) is 0.292. The fourth-order valence-corrected chi connectivity index (χ4v) is 5.03. The zero-order valence-electron chi connectivity index (χ0n) is 19.7. The van der Waals surface area contributed by atoms with Gasteiger partial charge in [-0.1, -0.05) is 0 Å². The van der Waals surface area contributed by atoms with Gasteiger partial charge in [-0.2, -0.15) is 0 Å². The summed E-state index contributed by atoms with van der Waals surface area (Å²) in [6, 6.07) is 5.40. The first-order valence-corrected chi connectivity index (χ1v) is 11.3. The van der Waals surface area contributed by atoms with E-state index in [9.17, 15) is 9.59 Å². The molecule has 0 fully saturated rings. The van der Waals surface area contributed by atoms with Gasteiger partial charge >= 0.3 is 11.9 Å². The van der Waals surface area contributed by atoms with Gasteiger partial charge in [0.1, 0.15) is 11.5 Å². The van der Waals surface area contributed by atoms with Crippen LogP contribution < -0.4 is 14.8 Å². The summed E-state index contributed by atoms with van der Waals surface area (Å²) < 4.78 is 23.2. The third-order valence-electron chi connectivity index (χ3n) is 5.81. The van der Waals surface area contributed by atoms with Crippen molar-refractivity contribution in [3.8, 4) is 22.8 Å². The fourth-order valence-electron chi connectivity index (χ4n) is 4.30. The molecule has 3 aromatic rings. The van der Waals surface area contributed by atoms with E-state index < -0.39 is 17.9 Å². The van der Waals surface area contributed by atoms with Crippen LogP contribution in [0.5, 0.6) is 11.5 Å². The Morgan fingerprint density at radius 2 is 1.65 bits per heavy atom. The average Bonchev–Trinajstić information content (AvgIpc) is 3.43. The van der Waals surface area contributed by atoms with Gasteiger partial charge in [0.05, 0.1) is 56.9 Å². The number of nitrogens with zero attached hydrogens (tertiary/aromatic N) is 2. The zero-order valence-corrected chi connectivity index (χ0v) is 20.5. The van der Waals surface area contributed by atoms with Crippen molar-refractivity contribution in [3.63, 3.8) is 0 Å². The zero-order chi connectivity index (χ0) is 24.6. The topological polar surface area (TPSA) is 100 Å². The molecule has 34 heavy (non-hydrogen) atoms. The molecule has 0 unspecified atom stereocenters. The quantitative estimate of drug-likeness (QED) is 0.530. The molecule has 0 atom stereocenters. The molecule has 0 saturated heterocycles. The summed E-state index contributed by atoms with van der Waals surface area (Å²) >= 11 is 1.44. The Labute approximate surface area is 200 Å². The number of carbonyl (C=O) groups excluding carboxylic acids is 2. The Morgan fingerprint density at radius 3 is 2.21 bits per heavy atom. The number of hydrogen-bond acceptors (Lipinski definition) is 9. The molecule has 9 nitrogen and oxygen atoms in total. The van der Waals surface area contributed by atoms with Gasteiger partial charge in [0.25, 0.3) is 0 Å². The number of nitrogens with one attached hydrogen (secondary N) is 1. The minimum Gasteiger partial charge on any atom is -0.497 e. The van der Waals surface area contributed by atoms with Gasteiger partial charge in [-0.25, -0.2) is 14.6 Å². The summed E-state index contributed by atoms with van der Waals surface area (Å²) in [4.78, 5) is 31.6. The molecule has 1 aromatic carbocycles. The van der Waals surface area contributed by atoms with E-state index in [1.807, 2.05) is 22.0 Å². The molecule has 2 aromatic heterocycles. The highest BCUT2D eigenvalue weighted by molar-refractivity contribution is 7.15. The van der Waals surface area contributed by atoms with Crippen molar-refractivity contribution in [2.75, 3.05) is 28.4 Å². The summed E-state index contributed by atoms with van der Waals surface area (Å²) in [6.07, 6.45) is 1.86. The predicted molar refractivity (Wildman–Crippen MR) is 127 cm³/mol. The number of fused-ring (bicyclic) bond motifs is 1. The SMILES string of the molecule is COC(=O)C1=C(C)NC(C)=C(C(=O)OC)C1c1c(-c2cc(OC)ccc2OC)nc2sccn12. The van der Waals surface area contributed by atoms with Gasteiger partial charge in [0.2, 0.25) is 0 Å². The first-order chi connectivity index (χ1) is 16.4. The second-order valence-electron chi connectivity index (χ2n) is 7.59. The lowest BCUT2D eigenvalue weighted by molar-refractivity contribution is -0.137. The van der Waals surface area contributed by atoms with Crippen LogP contribution in [-0.4, -0.2) is 49.8 Å². The molecule has 1 aliphatic rings. The first-order valence-electron chi connectivity index (χ1n) is 10.4. The van der Waals surface area contributed by atoms with Crippen LogP contribution in [0, 0.1) is 0 Å². The van der Waals surface area contributed by atoms with Crippen LogP contribution in [0.4, 0.5) is 0 Å². The van der Waals surface area contributed by atoms with Crippen LogP contribution in [0.25, 0.3) is 16.2 Å². The van der Waals surface area contributed by atoms with Crippen molar-refractivity contribution in [2.24, 2.45) is 0 Å². The molecular formula is C24H25N3O6S. The Balaban J connectivity index is 2.11. The summed E-state index contributed by atoms with van der Waals surface area (Å²) in [5.74, 6) is -0.738. The van der Waals surface area contributed by atoms with Gasteiger partial charge in [-0.15, -0.1) is 11.3 Å². The van der Waals surface area contributed by atoms with Crippen molar-refractivity contribution < 1.29 is 28.5 Å². The van der Waals surface area contributed by atoms with Crippen LogP contribution in [0.1, 0.15) is 25.5 Å². The Kier molecular flexibility index (Phi) is 6.34. The molecular weight excluding hydrogens is 458 g/mol. The van der Waals surface area contributed by atoms with Crippen LogP contribution in [0.3, 0.4) is 0 Å². The number of allylic oxidation sites excluding steroid dienone is 2. The standard InChI is InChI=1S/C24H25N3O6S/c1-12-17(22(28)32-5)19(18(13(2)25-12)23(29)33-6)21-20(26-24-27(21)9-10-34-24)15-11-14(30-3)7-8-16(15)31-4/h7-11,19,25H,1-6H3. The molecule has 0 aliphatic carbocycles. The van der Waals surface area contributed by atoms with Gasteiger partial charge in [-0.3, -0.25) is 4.40 Å². The molecule has 3 heterocycles. The summed E-state index contributed by atoms with van der Waals surface area (Å²) in [5.41, 5.74) is 3.58. The highest BCUT2D eigenvalue weighted by atomic mass is 32.1. The molecule has 10 heteroatoms. The average molecular weight is 484 g/mol. The van der Waals surface area contributed by atoms with Crippen LogP contribution >= 0.6 is 11.3 Å². The number of imidazole rings is 1. The van der Waals surface area contributed by atoms with E-state index >= 15 is 0 Å². The number of hydrogen-bond donors (Lipinski definition) is 1. The van der Waals surface area contributed by atoms with Crippen LogP contribution in [0.2, 0.25) is 0 Å². The number of methoxy groups -OCH3 is 4. The van der Waals surface area contributed by atoms with E-state index in [-0.39, 0.29) is 0 Å². The highest BCUT2D eigenvalue weighted by Crippen LogP contribution is 2.45. The number of benzene rings is 1. The smallest absolute Gasteiger partial charge is 0.336 e. The maximum absolute atomic E-state index is 13.0. The molecule has 1 N–H and O–H groups in total. The van der Waals surface area contributed by atoms with E-state index in [0.717, 1.165) is 0 Å². The highest BCUT2D eigenvalue weighted by Gasteiger charge is 2.41. The molecule has 0 amide bonds. The van der Waals surface area contributed by atoms with Crippen molar-refractivity contribution in [3.05, 3.63) is 58.0 Å². The lowest BCUT2D eigenvalue weighted by Crippen LogP contribution is -2.32.